The molecule has 3 rings (SSSR count). The molecule has 1 unspecified atom stereocenters. The molecule has 1 aromatic heterocycles. The summed E-state index contributed by atoms with van der Waals surface area (Å²) in [6.07, 6.45) is 0. The summed E-state index contributed by atoms with van der Waals surface area (Å²) in [5.41, 5.74) is 0.568. The number of hydrogen-bond donors (Lipinski definition) is 1. The van der Waals surface area contributed by atoms with Crippen molar-refractivity contribution in [3.05, 3.63) is 68.6 Å². The van der Waals surface area contributed by atoms with Crippen LogP contribution in [0.15, 0.2) is 52.0 Å². The van der Waals surface area contributed by atoms with Gasteiger partial charge in [-0.05, 0) is 72.2 Å². The third-order valence-electron chi connectivity index (χ3n) is 4.21. The molecule has 11 heteroatoms. The Morgan fingerprint density at radius 2 is 1.87 bits per heavy atom. The molecule has 6 nitrogen and oxygen atoms in total. The average Bonchev–Trinajstić information content (AvgIpc) is 3.00. The highest BCUT2D eigenvalue weighted by molar-refractivity contribution is 9.10. The Morgan fingerprint density at radius 1 is 1.20 bits per heavy atom. The van der Waals surface area contributed by atoms with Gasteiger partial charge in [-0.1, -0.05) is 23.2 Å². The summed E-state index contributed by atoms with van der Waals surface area (Å²) in [5.74, 6) is 0.0209. The Bertz CT molecular complexity index is 1170. The van der Waals surface area contributed by atoms with Crippen LogP contribution in [0.5, 0.6) is 11.8 Å². The van der Waals surface area contributed by atoms with Crippen LogP contribution in [0.1, 0.15) is 25.6 Å². The zero-order valence-electron chi connectivity index (χ0n) is 15.9. The van der Waals surface area contributed by atoms with Crippen molar-refractivity contribution in [3.8, 4) is 11.8 Å². The fourth-order valence-corrected chi connectivity index (χ4v) is 5.13. The number of hydrogen-bond acceptors (Lipinski definition) is 4. The first-order valence-electron chi connectivity index (χ1n) is 8.79. The molecule has 0 fully saturated rings. The van der Waals surface area contributed by atoms with Crippen LogP contribution in [0.25, 0.3) is 0 Å². The third-order valence-corrected chi connectivity index (χ3v) is 7.07. The number of nitrogens with zero attached hydrogens (tertiary/aromatic N) is 2. The van der Waals surface area contributed by atoms with E-state index in [1.807, 2.05) is 6.92 Å². The normalized spacial score (nSPS) is 12.7. The van der Waals surface area contributed by atoms with Crippen molar-refractivity contribution in [2.75, 3.05) is 0 Å². The lowest BCUT2D eigenvalue weighted by Gasteiger charge is -2.17. The van der Waals surface area contributed by atoms with Crippen molar-refractivity contribution in [1.29, 1.82) is 0 Å². The van der Waals surface area contributed by atoms with Crippen LogP contribution in [0.2, 0.25) is 10.0 Å². The topological polar surface area (TPSA) is 73.2 Å². The molecule has 1 N–H and O–H groups in total. The number of sulfonamides is 1. The van der Waals surface area contributed by atoms with Crippen LogP contribution in [-0.4, -0.2) is 18.0 Å². The molecule has 1 heterocycles. The van der Waals surface area contributed by atoms with Gasteiger partial charge in [-0.3, -0.25) is 4.57 Å². The number of aromatic nitrogens is 2. The molecule has 0 radical (unpaired) electrons. The maximum atomic E-state index is 13.1. The minimum atomic E-state index is -3.88. The van der Waals surface area contributed by atoms with E-state index in [1.54, 1.807) is 11.5 Å². The van der Waals surface area contributed by atoms with Gasteiger partial charge in [0.05, 0.1) is 26.7 Å². The molecule has 3 aromatic rings. The highest BCUT2D eigenvalue weighted by Gasteiger charge is 2.26. The average molecular weight is 537 g/mol. The van der Waals surface area contributed by atoms with Crippen LogP contribution in [0.3, 0.4) is 0 Å². The van der Waals surface area contributed by atoms with Gasteiger partial charge >= 0.3 is 6.01 Å². The van der Waals surface area contributed by atoms with E-state index in [0.29, 0.717) is 22.6 Å². The fourth-order valence-electron chi connectivity index (χ4n) is 2.82. The van der Waals surface area contributed by atoms with Crippen molar-refractivity contribution in [3.63, 3.8) is 0 Å². The van der Waals surface area contributed by atoms with Crippen LogP contribution in [-0.2, 0) is 16.6 Å². The van der Waals surface area contributed by atoms with Crippen LogP contribution in [0.4, 0.5) is 4.39 Å². The Morgan fingerprint density at radius 3 is 2.47 bits per heavy atom. The summed E-state index contributed by atoms with van der Waals surface area (Å²) in [6, 6.07) is 9.18. The van der Waals surface area contributed by atoms with Crippen molar-refractivity contribution < 1.29 is 17.5 Å². The number of benzene rings is 2. The number of halogens is 4. The van der Waals surface area contributed by atoms with E-state index in [2.05, 4.69) is 25.6 Å². The molecule has 1 atom stereocenters. The maximum absolute atomic E-state index is 13.1. The smallest absolute Gasteiger partial charge is 0.303 e. The minimum absolute atomic E-state index is 0.00905. The zero-order valence-corrected chi connectivity index (χ0v) is 19.8. The van der Waals surface area contributed by atoms with Crippen molar-refractivity contribution >= 4 is 49.2 Å². The Labute approximate surface area is 192 Å². The summed E-state index contributed by atoms with van der Waals surface area (Å²) in [4.78, 5) is 4.33. The summed E-state index contributed by atoms with van der Waals surface area (Å²) in [6.45, 7) is 4.02. The van der Waals surface area contributed by atoms with Gasteiger partial charge in [0.25, 0.3) is 0 Å². The molecule has 0 aliphatic heterocycles. The van der Waals surface area contributed by atoms with E-state index in [9.17, 15) is 12.8 Å². The maximum Gasteiger partial charge on any atom is 0.303 e. The van der Waals surface area contributed by atoms with Gasteiger partial charge in [0.2, 0.25) is 10.0 Å². The van der Waals surface area contributed by atoms with Crippen molar-refractivity contribution in [2.24, 2.45) is 0 Å². The number of imidazole rings is 1. The number of nitrogens with one attached hydrogen (secondary N) is 1. The molecule has 0 aliphatic rings. The van der Waals surface area contributed by atoms with Crippen molar-refractivity contribution in [2.45, 2.75) is 31.3 Å². The lowest BCUT2D eigenvalue weighted by molar-refractivity contribution is 0.407. The second-order valence-corrected chi connectivity index (χ2v) is 9.57. The third kappa shape index (κ3) is 4.97. The van der Waals surface area contributed by atoms with Crippen LogP contribution >= 0.6 is 39.1 Å². The molecule has 0 saturated carbocycles. The summed E-state index contributed by atoms with van der Waals surface area (Å²) in [7, 11) is -3.88. The quantitative estimate of drug-likeness (QED) is 0.405. The first kappa shape index (κ1) is 23.0. The van der Waals surface area contributed by atoms with Gasteiger partial charge in [0.1, 0.15) is 16.2 Å². The number of rotatable bonds is 7. The molecule has 0 bridgehead atoms. The molecule has 0 amide bonds. The molecule has 2 aromatic carbocycles. The van der Waals surface area contributed by atoms with Gasteiger partial charge in [-0.15, -0.1) is 0 Å². The fraction of sp³-hybridized carbons (Fsp3) is 0.211. The first-order chi connectivity index (χ1) is 14.1. The monoisotopic (exact) mass is 535 g/mol. The van der Waals surface area contributed by atoms with Gasteiger partial charge in [-0.2, -0.15) is 4.98 Å². The minimum Gasteiger partial charge on any atom is -0.425 e. The molecule has 160 valence electrons. The van der Waals surface area contributed by atoms with Crippen molar-refractivity contribution in [1.82, 2.24) is 14.3 Å². The van der Waals surface area contributed by atoms with Gasteiger partial charge in [-0.25, -0.2) is 17.5 Å². The predicted molar refractivity (Wildman–Crippen MR) is 117 cm³/mol. The largest absolute Gasteiger partial charge is 0.425 e. The second kappa shape index (κ2) is 9.23. The van der Waals surface area contributed by atoms with Gasteiger partial charge in [0.15, 0.2) is 0 Å². The van der Waals surface area contributed by atoms with E-state index in [0.717, 1.165) is 0 Å². The van der Waals surface area contributed by atoms with E-state index < -0.39 is 16.1 Å². The number of ether oxygens (including phenoxy) is 1. The van der Waals surface area contributed by atoms with Gasteiger partial charge in [0, 0.05) is 6.54 Å². The molecule has 0 aliphatic carbocycles. The van der Waals surface area contributed by atoms with E-state index in [-0.39, 0.29) is 26.8 Å². The Kier molecular flexibility index (Phi) is 7.09. The summed E-state index contributed by atoms with van der Waals surface area (Å²) >= 11 is 15.2. The van der Waals surface area contributed by atoms with E-state index >= 15 is 0 Å². The molecule has 0 spiro atoms. The summed E-state index contributed by atoms with van der Waals surface area (Å²) in [5, 5.41) is 0.403. The van der Waals surface area contributed by atoms with Crippen LogP contribution in [0, 0.1) is 5.82 Å². The highest BCUT2D eigenvalue weighted by atomic mass is 79.9. The van der Waals surface area contributed by atoms with Gasteiger partial charge < -0.3 is 4.74 Å². The molecule has 0 saturated heterocycles. The summed E-state index contributed by atoms with van der Waals surface area (Å²) < 4.78 is 49.2. The second-order valence-electron chi connectivity index (χ2n) is 6.29. The molecular weight excluding hydrogens is 520 g/mol. The molecule has 30 heavy (non-hydrogen) atoms. The predicted octanol–water partition coefficient (Wildman–Crippen LogP) is 5.94. The highest BCUT2D eigenvalue weighted by Crippen LogP contribution is 2.32. The standard InChI is InChI=1S/C19H17BrCl2FN3O3S/c1-3-26-17(18(20)24-19(26)29-13-6-4-12(23)5-7-13)11(2)25-30(27,28)14-8-9-15(21)16(22)10-14/h4-11,25H,3H2,1-2H3. The zero-order chi connectivity index (χ0) is 22.1. The first-order valence-corrected chi connectivity index (χ1v) is 11.8. The Balaban J connectivity index is 1.89. The van der Waals surface area contributed by atoms with E-state index in [1.165, 1.54) is 42.5 Å². The Hall–Kier alpha value is -1.65. The van der Waals surface area contributed by atoms with E-state index in [4.69, 9.17) is 27.9 Å². The lowest BCUT2D eigenvalue weighted by Crippen LogP contribution is -2.28. The van der Waals surface area contributed by atoms with Crippen LogP contribution < -0.4 is 9.46 Å². The lowest BCUT2D eigenvalue weighted by atomic mass is 10.3. The SMILES string of the molecule is CCn1c(Oc2ccc(F)cc2)nc(Br)c1C(C)NS(=O)(=O)c1ccc(Cl)c(Cl)c1. The molecular formula is C19H17BrCl2FN3O3S.